The molecule has 21 heavy (non-hydrogen) atoms. The van der Waals surface area contributed by atoms with Crippen LogP contribution in [-0.4, -0.2) is 33.6 Å². The third-order valence-corrected chi connectivity index (χ3v) is 4.67. The predicted octanol–water partition coefficient (Wildman–Crippen LogP) is 2.50. The summed E-state index contributed by atoms with van der Waals surface area (Å²) in [7, 11) is 0. The first-order chi connectivity index (χ1) is 9.71. The molecule has 0 aromatic carbocycles. The van der Waals surface area contributed by atoms with E-state index in [1.165, 1.54) is 0 Å². The molecule has 0 saturated carbocycles. The fourth-order valence-corrected chi connectivity index (χ4v) is 3.16. The number of halogens is 3. The van der Waals surface area contributed by atoms with Crippen LogP contribution in [0.5, 0.6) is 0 Å². The zero-order chi connectivity index (χ0) is 15.7. The number of nitrogens with one attached hydrogen (secondary N) is 1. The summed E-state index contributed by atoms with van der Waals surface area (Å²) in [5.41, 5.74) is 1.11. The Hall–Kier alpha value is -1.22. The van der Waals surface area contributed by atoms with Crippen LogP contribution >= 0.6 is 11.8 Å². The smallest absolute Gasteiger partial charge is 0.356 e. The predicted molar refractivity (Wildman–Crippen MR) is 78.2 cm³/mol. The van der Waals surface area contributed by atoms with Crippen molar-refractivity contribution in [3.05, 3.63) is 11.8 Å². The monoisotopic (exact) mass is 321 g/mol. The van der Waals surface area contributed by atoms with Gasteiger partial charge in [-0.15, -0.1) is 0 Å². The van der Waals surface area contributed by atoms with Crippen LogP contribution < -0.4 is 16.2 Å². The van der Waals surface area contributed by atoms with Crippen LogP contribution in [0.3, 0.4) is 0 Å². The Labute approximate surface area is 125 Å². The fourth-order valence-electron chi connectivity index (χ4n) is 2.06. The largest absolute Gasteiger partial charge is 0.433 e. The molecule has 0 aliphatic carbocycles. The van der Waals surface area contributed by atoms with Gasteiger partial charge in [0.1, 0.15) is 5.82 Å². The van der Waals surface area contributed by atoms with E-state index in [4.69, 9.17) is 5.84 Å². The van der Waals surface area contributed by atoms with E-state index in [1.54, 1.807) is 0 Å². The molecule has 0 unspecified atom stereocenters. The third-order valence-electron chi connectivity index (χ3n) is 3.29. The Morgan fingerprint density at radius 3 is 2.67 bits per heavy atom. The molecule has 2 heterocycles. The summed E-state index contributed by atoms with van der Waals surface area (Å²) in [4.78, 5) is 9.26. The van der Waals surface area contributed by atoms with Crippen LogP contribution in [-0.2, 0) is 6.18 Å². The Morgan fingerprint density at radius 2 is 2.05 bits per heavy atom. The molecule has 0 atom stereocenters. The zero-order valence-corrected chi connectivity index (χ0v) is 12.7. The van der Waals surface area contributed by atoms with Gasteiger partial charge >= 0.3 is 6.18 Å². The van der Waals surface area contributed by atoms with Gasteiger partial charge in [-0.25, -0.2) is 10.8 Å². The first-order valence-electron chi connectivity index (χ1n) is 6.53. The van der Waals surface area contributed by atoms with E-state index in [0.29, 0.717) is 13.1 Å². The second kappa shape index (κ2) is 5.88. The van der Waals surface area contributed by atoms with Gasteiger partial charge < -0.3 is 4.90 Å². The molecule has 1 aliphatic heterocycles. The van der Waals surface area contributed by atoms with Crippen LogP contribution in [0.2, 0.25) is 0 Å². The summed E-state index contributed by atoms with van der Waals surface area (Å²) in [6.45, 7) is 5.56. The maximum atomic E-state index is 12.9. The molecule has 0 radical (unpaired) electrons. The van der Waals surface area contributed by atoms with E-state index in [1.807, 2.05) is 16.7 Å². The van der Waals surface area contributed by atoms with Crippen molar-refractivity contribution >= 4 is 23.5 Å². The molecular formula is C12H18F3N5S. The van der Waals surface area contributed by atoms with Gasteiger partial charge in [0.25, 0.3) is 0 Å². The topological polar surface area (TPSA) is 67.1 Å². The second-order valence-electron chi connectivity index (χ2n) is 5.42. The summed E-state index contributed by atoms with van der Waals surface area (Å²) in [6.07, 6.45) is -3.66. The maximum Gasteiger partial charge on any atom is 0.433 e. The van der Waals surface area contributed by atoms with E-state index in [-0.39, 0.29) is 16.5 Å². The highest BCUT2D eigenvalue weighted by Gasteiger charge is 2.34. The number of hydrazine groups is 1. The molecule has 1 aromatic heterocycles. The normalized spacial score (nSPS) is 19.2. The summed E-state index contributed by atoms with van der Waals surface area (Å²) >= 11 is 1.81. The standard InChI is InChI=1S/C12H18F3N5S/c1-11(2)3-4-20(5-6-21-11)9-7-8(12(13,14)15)17-10(18-9)19-16/h7H,3-6,16H2,1-2H3,(H,17,18,19). The summed E-state index contributed by atoms with van der Waals surface area (Å²) in [5, 5.41) is 0. The number of anilines is 2. The first kappa shape index (κ1) is 16.2. The van der Waals surface area contributed by atoms with Gasteiger partial charge in [0.2, 0.25) is 5.95 Å². The lowest BCUT2D eigenvalue weighted by molar-refractivity contribution is -0.141. The molecule has 1 fully saturated rings. The number of hydrogen-bond acceptors (Lipinski definition) is 6. The molecule has 118 valence electrons. The van der Waals surface area contributed by atoms with Crippen molar-refractivity contribution in [1.82, 2.24) is 9.97 Å². The number of nitrogens with zero attached hydrogens (tertiary/aromatic N) is 3. The molecule has 0 bridgehead atoms. The van der Waals surface area contributed by atoms with E-state index >= 15 is 0 Å². The lowest BCUT2D eigenvalue weighted by Gasteiger charge is -2.24. The molecule has 1 aromatic rings. The van der Waals surface area contributed by atoms with Crippen LogP contribution in [0.15, 0.2) is 6.07 Å². The van der Waals surface area contributed by atoms with Crippen LogP contribution in [0, 0.1) is 0 Å². The van der Waals surface area contributed by atoms with E-state index < -0.39 is 11.9 Å². The summed E-state index contributed by atoms with van der Waals surface area (Å²) < 4.78 is 38.7. The van der Waals surface area contributed by atoms with Crippen LogP contribution in [0.25, 0.3) is 0 Å². The van der Waals surface area contributed by atoms with Gasteiger partial charge in [0.15, 0.2) is 5.69 Å². The number of rotatable bonds is 2. The summed E-state index contributed by atoms with van der Waals surface area (Å²) in [6, 6.07) is 0.976. The highest BCUT2D eigenvalue weighted by molar-refractivity contribution is 8.00. The van der Waals surface area contributed by atoms with Gasteiger partial charge in [-0.2, -0.15) is 29.9 Å². The molecule has 9 heteroatoms. The summed E-state index contributed by atoms with van der Waals surface area (Å²) in [5.74, 6) is 6.03. The number of thioether (sulfide) groups is 1. The maximum absolute atomic E-state index is 12.9. The number of hydrogen-bond donors (Lipinski definition) is 2. The Bertz CT molecular complexity index is 506. The molecule has 0 spiro atoms. The average molecular weight is 321 g/mol. The van der Waals surface area contributed by atoms with Crippen LogP contribution in [0.1, 0.15) is 26.0 Å². The van der Waals surface area contributed by atoms with Crippen LogP contribution in [0.4, 0.5) is 24.9 Å². The van der Waals surface area contributed by atoms with Gasteiger partial charge in [0.05, 0.1) is 0 Å². The number of nitrogens with two attached hydrogens (primary N) is 1. The quantitative estimate of drug-likeness (QED) is 0.644. The number of aromatic nitrogens is 2. The minimum absolute atomic E-state index is 0.115. The highest BCUT2D eigenvalue weighted by Crippen LogP contribution is 2.34. The van der Waals surface area contributed by atoms with Gasteiger partial charge in [-0.3, -0.25) is 5.43 Å². The van der Waals surface area contributed by atoms with E-state index in [0.717, 1.165) is 18.2 Å². The molecular weight excluding hydrogens is 303 g/mol. The fraction of sp³-hybridized carbons (Fsp3) is 0.667. The van der Waals surface area contributed by atoms with Gasteiger partial charge in [0, 0.05) is 29.7 Å². The highest BCUT2D eigenvalue weighted by atomic mass is 32.2. The van der Waals surface area contributed by atoms with E-state index in [9.17, 15) is 13.2 Å². The number of nitrogen functional groups attached to an aromatic ring is 1. The molecule has 5 nitrogen and oxygen atoms in total. The number of alkyl halides is 3. The van der Waals surface area contributed by atoms with Gasteiger partial charge in [-0.05, 0) is 6.42 Å². The molecule has 3 N–H and O–H groups in total. The van der Waals surface area contributed by atoms with Crippen molar-refractivity contribution in [3.63, 3.8) is 0 Å². The molecule has 2 rings (SSSR count). The molecule has 1 aliphatic rings. The SMILES string of the molecule is CC1(C)CCN(c2cc(C(F)(F)F)nc(NN)n2)CCS1. The lowest BCUT2D eigenvalue weighted by Crippen LogP contribution is -2.29. The Kier molecular flexibility index (Phi) is 4.52. The van der Waals surface area contributed by atoms with Crippen molar-refractivity contribution in [2.24, 2.45) is 5.84 Å². The first-order valence-corrected chi connectivity index (χ1v) is 7.52. The Balaban J connectivity index is 2.30. The Morgan fingerprint density at radius 1 is 1.33 bits per heavy atom. The molecule has 0 amide bonds. The van der Waals surface area contributed by atoms with Crippen molar-refractivity contribution in [2.75, 3.05) is 29.2 Å². The average Bonchev–Trinajstić information content (AvgIpc) is 2.58. The lowest BCUT2D eigenvalue weighted by atomic mass is 10.1. The van der Waals surface area contributed by atoms with Crippen molar-refractivity contribution in [1.29, 1.82) is 0 Å². The second-order valence-corrected chi connectivity index (χ2v) is 7.22. The zero-order valence-electron chi connectivity index (χ0n) is 11.9. The molecule has 1 saturated heterocycles. The minimum atomic E-state index is -4.52. The van der Waals surface area contributed by atoms with Gasteiger partial charge in [-0.1, -0.05) is 13.8 Å². The van der Waals surface area contributed by atoms with Crippen molar-refractivity contribution in [3.8, 4) is 0 Å². The van der Waals surface area contributed by atoms with Crippen molar-refractivity contribution < 1.29 is 13.2 Å². The van der Waals surface area contributed by atoms with Crippen molar-refractivity contribution in [2.45, 2.75) is 31.2 Å². The third kappa shape index (κ3) is 4.13. The van der Waals surface area contributed by atoms with E-state index in [2.05, 4.69) is 29.2 Å². The minimum Gasteiger partial charge on any atom is -0.356 e.